The third-order valence-electron chi connectivity index (χ3n) is 1.87. The fourth-order valence-electron chi connectivity index (χ4n) is 1.31. The standard InChI is InChI=1S/C9H8/c1-7-5-6-8-3-2-4-9(7)8/h2,4-5H,6H2,1H3. The Morgan fingerprint density at radius 2 is 2.44 bits per heavy atom. The molecule has 0 spiro atoms. The van der Waals surface area contributed by atoms with E-state index in [1.54, 1.807) is 0 Å². The van der Waals surface area contributed by atoms with Gasteiger partial charge in [-0.2, -0.15) is 0 Å². The maximum Gasteiger partial charge on any atom is 0.00527 e. The number of allylic oxidation sites excluding steroid dienone is 5. The van der Waals surface area contributed by atoms with Gasteiger partial charge in [-0.3, -0.25) is 0 Å². The van der Waals surface area contributed by atoms with Gasteiger partial charge < -0.3 is 0 Å². The molecule has 0 radical (unpaired) electrons. The molecular formula is C9H8. The summed E-state index contributed by atoms with van der Waals surface area (Å²) < 4.78 is 0. The van der Waals surface area contributed by atoms with Gasteiger partial charge >= 0.3 is 0 Å². The van der Waals surface area contributed by atoms with Crippen molar-refractivity contribution < 1.29 is 0 Å². The predicted molar refractivity (Wildman–Crippen MR) is 38.1 cm³/mol. The molecule has 2 aliphatic rings. The van der Waals surface area contributed by atoms with Crippen molar-refractivity contribution in [2.45, 2.75) is 13.3 Å². The molecule has 0 atom stereocenters. The van der Waals surface area contributed by atoms with Crippen LogP contribution in [0.3, 0.4) is 0 Å². The van der Waals surface area contributed by atoms with Crippen LogP contribution in [0.2, 0.25) is 0 Å². The first kappa shape index (κ1) is 4.84. The Balaban J connectivity index is 2.54. The van der Waals surface area contributed by atoms with Crippen LogP contribution in [0.1, 0.15) is 13.3 Å². The lowest BCUT2D eigenvalue weighted by atomic mass is 10.1. The van der Waals surface area contributed by atoms with Gasteiger partial charge in [0.1, 0.15) is 0 Å². The Bertz CT molecular complexity index is 268. The van der Waals surface area contributed by atoms with E-state index < -0.39 is 0 Å². The molecule has 0 aromatic carbocycles. The van der Waals surface area contributed by atoms with Gasteiger partial charge in [0.2, 0.25) is 0 Å². The smallest absolute Gasteiger partial charge is 0.00527 e. The minimum Gasteiger partial charge on any atom is -0.116 e. The molecule has 0 heteroatoms. The van der Waals surface area contributed by atoms with Crippen LogP contribution in [0.15, 0.2) is 40.7 Å². The van der Waals surface area contributed by atoms with E-state index >= 15 is 0 Å². The second kappa shape index (κ2) is 1.49. The second-order valence-corrected chi connectivity index (χ2v) is 2.46. The molecule has 0 bridgehead atoms. The van der Waals surface area contributed by atoms with Gasteiger partial charge in [0.25, 0.3) is 0 Å². The molecule has 0 N–H and O–H groups in total. The summed E-state index contributed by atoms with van der Waals surface area (Å²) in [5.74, 6) is 0. The molecule has 0 heterocycles. The summed E-state index contributed by atoms with van der Waals surface area (Å²) in [7, 11) is 0. The van der Waals surface area contributed by atoms with Crippen molar-refractivity contribution in [1.29, 1.82) is 0 Å². The zero-order valence-electron chi connectivity index (χ0n) is 5.44. The van der Waals surface area contributed by atoms with Crippen LogP contribution >= 0.6 is 0 Å². The van der Waals surface area contributed by atoms with E-state index in [2.05, 4.69) is 24.8 Å². The molecule has 44 valence electrons. The summed E-state index contributed by atoms with van der Waals surface area (Å²) in [6.07, 6.45) is 7.48. The normalized spacial score (nSPS) is 21.2. The van der Waals surface area contributed by atoms with Crippen molar-refractivity contribution >= 4 is 0 Å². The minimum absolute atomic E-state index is 1.09. The molecule has 0 aliphatic heterocycles. The van der Waals surface area contributed by atoms with E-state index in [9.17, 15) is 0 Å². The lowest BCUT2D eigenvalue weighted by molar-refractivity contribution is 1.34. The van der Waals surface area contributed by atoms with Crippen molar-refractivity contribution in [3.63, 3.8) is 0 Å². The summed E-state index contributed by atoms with van der Waals surface area (Å²) in [6.45, 7) is 2.15. The Labute approximate surface area is 54.9 Å². The fraction of sp³-hybridized carbons (Fsp3) is 0.222. The van der Waals surface area contributed by atoms with Crippen molar-refractivity contribution in [2.75, 3.05) is 0 Å². The number of fused-ring (bicyclic) bond motifs is 1. The molecule has 0 fully saturated rings. The van der Waals surface area contributed by atoms with Gasteiger partial charge in [-0.1, -0.05) is 6.08 Å². The minimum atomic E-state index is 1.09. The summed E-state index contributed by atoms with van der Waals surface area (Å²) in [5.41, 5.74) is 7.37. The molecule has 0 saturated heterocycles. The molecule has 0 unspecified atom stereocenters. The molecule has 0 aromatic rings. The topological polar surface area (TPSA) is 0 Å². The zero-order valence-corrected chi connectivity index (χ0v) is 5.44. The first-order chi connectivity index (χ1) is 4.38. The first-order valence-electron chi connectivity index (χ1n) is 3.21. The molecule has 2 aliphatic carbocycles. The predicted octanol–water partition coefficient (Wildman–Crippen LogP) is 2.36. The average Bonchev–Trinajstić information content (AvgIpc) is 2.35. The lowest BCUT2D eigenvalue weighted by Gasteiger charge is -1.92. The van der Waals surface area contributed by atoms with E-state index in [-0.39, 0.29) is 0 Å². The molecule has 9 heavy (non-hydrogen) atoms. The molecule has 0 saturated carbocycles. The molecule has 0 amide bonds. The highest BCUT2D eigenvalue weighted by molar-refractivity contribution is 5.56. The van der Waals surface area contributed by atoms with Crippen LogP contribution in [-0.4, -0.2) is 0 Å². The number of hydrogen-bond donors (Lipinski definition) is 0. The fourth-order valence-corrected chi connectivity index (χ4v) is 1.31. The Morgan fingerprint density at radius 1 is 1.56 bits per heavy atom. The summed E-state index contributed by atoms with van der Waals surface area (Å²) in [6, 6.07) is 0. The van der Waals surface area contributed by atoms with Crippen molar-refractivity contribution in [2.24, 2.45) is 0 Å². The van der Waals surface area contributed by atoms with E-state index in [0.717, 1.165) is 6.42 Å². The summed E-state index contributed by atoms with van der Waals surface area (Å²) in [4.78, 5) is 0. The molecule has 0 nitrogen and oxygen atoms in total. The van der Waals surface area contributed by atoms with Crippen molar-refractivity contribution in [3.05, 3.63) is 40.7 Å². The largest absolute Gasteiger partial charge is 0.116 e. The van der Waals surface area contributed by atoms with Crippen molar-refractivity contribution in [1.82, 2.24) is 0 Å². The van der Waals surface area contributed by atoms with Crippen LogP contribution in [0.5, 0.6) is 0 Å². The number of rotatable bonds is 0. The van der Waals surface area contributed by atoms with Crippen LogP contribution in [0, 0.1) is 0 Å². The van der Waals surface area contributed by atoms with Gasteiger partial charge in [0.15, 0.2) is 0 Å². The average molecular weight is 116 g/mol. The number of hydrogen-bond acceptors (Lipinski definition) is 0. The van der Waals surface area contributed by atoms with Crippen LogP contribution in [-0.2, 0) is 0 Å². The maximum atomic E-state index is 3.20. The Morgan fingerprint density at radius 3 is 3.22 bits per heavy atom. The Kier molecular flexibility index (Phi) is 0.802. The van der Waals surface area contributed by atoms with Crippen LogP contribution in [0.4, 0.5) is 0 Å². The second-order valence-electron chi connectivity index (χ2n) is 2.46. The van der Waals surface area contributed by atoms with Gasteiger partial charge in [-0.25, -0.2) is 0 Å². The van der Waals surface area contributed by atoms with Gasteiger partial charge in [-0.15, -0.1) is 5.73 Å². The Hall–Kier alpha value is -1.00. The van der Waals surface area contributed by atoms with Gasteiger partial charge in [0.05, 0.1) is 0 Å². The quantitative estimate of drug-likeness (QED) is 0.426. The van der Waals surface area contributed by atoms with Gasteiger partial charge in [0, 0.05) is 5.57 Å². The van der Waals surface area contributed by atoms with E-state index in [0.29, 0.717) is 0 Å². The van der Waals surface area contributed by atoms with Crippen molar-refractivity contribution in [3.8, 4) is 0 Å². The van der Waals surface area contributed by atoms with Gasteiger partial charge in [-0.05, 0) is 36.6 Å². The molecule has 0 aromatic heterocycles. The summed E-state index contributed by atoms with van der Waals surface area (Å²) in [5, 5.41) is 0. The highest BCUT2D eigenvalue weighted by Gasteiger charge is 2.13. The monoisotopic (exact) mass is 116 g/mol. The van der Waals surface area contributed by atoms with Crippen LogP contribution in [0.25, 0.3) is 0 Å². The SMILES string of the molecule is CC1=CCC2=C=CC=C21. The van der Waals surface area contributed by atoms with E-state index in [1.807, 2.05) is 6.08 Å². The zero-order chi connectivity index (χ0) is 6.27. The van der Waals surface area contributed by atoms with E-state index in [4.69, 9.17) is 0 Å². The highest BCUT2D eigenvalue weighted by Crippen LogP contribution is 2.31. The third-order valence-corrected chi connectivity index (χ3v) is 1.87. The highest BCUT2D eigenvalue weighted by atomic mass is 14.2. The van der Waals surface area contributed by atoms with E-state index in [1.165, 1.54) is 16.7 Å². The maximum absolute atomic E-state index is 3.20. The summed E-state index contributed by atoms with van der Waals surface area (Å²) >= 11 is 0. The molecule has 2 rings (SSSR count). The molecular weight excluding hydrogens is 108 g/mol. The van der Waals surface area contributed by atoms with Crippen LogP contribution < -0.4 is 0 Å². The first-order valence-corrected chi connectivity index (χ1v) is 3.21. The lowest BCUT2D eigenvalue weighted by Crippen LogP contribution is -1.75. The third kappa shape index (κ3) is 0.540.